The second-order valence-corrected chi connectivity index (χ2v) is 58.6. The number of nitrogens with zero attached hydrogens (tertiary/aromatic N) is 8. The molecule has 8 aliphatic rings. The number of phenols is 1. The van der Waals surface area contributed by atoms with E-state index in [1.165, 1.54) is 25.7 Å². The van der Waals surface area contributed by atoms with Crippen molar-refractivity contribution in [1.29, 1.82) is 0 Å². The van der Waals surface area contributed by atoms with Crippen molar-refractivity contribution in [3.63, 3.8) is 0 Å². The molecule has 146 heavy (non-hydrogen) atoms. The van der Waals surface area contributed by atoms with Crippen LogP contribution in [-0.4, -0.2) is 287 Å². The maximum absolute atomic E-state index is 13.6. The van der Waals surface area contributed by atoms with E-state index in [9.17, 15) is 38.7 Å². The van der Waals surface area contributed by atoms with Gasteiger partial charge < -0.3 is 43.0 Å². The van der Waals surface area contributed by atoms with E-state index in [0.717, 1.165) is 165 Å². The quantitative estimate of drug-likeness (QED) is 0.0314. The second kappa shape index (κ2) is 50.2. The molecule has 24 nitrogen and oxygen atoms in total. The summed E-state index contributed by atoms with van der Waals surface area (Å²) in [7, 11) is 17.2. The maximum atomic E-state index is 13.6. The van der Waals surface area contributed by atoms with Gasteiger partial charge in [-0.15, -0.1) is 0 Å². The Labute approximate surface area is 893 Å². The average Bonchev–Trinajstić information content (AvgIpc) is 0.738. The molecule has 3 atom stereocenters. The van der Waals surface area contributed by atoms with Crippen LogP contribution in [0.4, 0.5) is 0 Å². The van der Waals surface area contributed by atoms with Crippen molar-refractivity contribution in [2.75, 3.05) is 63.0 Å². The SMILES string of the molecule is CC(CC(=O)OC1CC(C)(C)N(C)C(C)(C)C1)C(=O)OC1CC(C)(C)N(C)C(C)(C)C1.CC(CC(=O)OC1CC(C)(C)N(C)C(C)(C)C1)C(=O)OC1CC(C)(C)N(C)C(C)(C)C1.CCCCC(Cc1cc(C(C)(C)C)c(O)c(C(C)(C)C)c1)C(=O)OC1CC(C)(C)N(C)C(C)(C)C1.CN1C(C)(C)CC(OC=O)CC1(C)C.CN1C(C)(C)CC(OCCCCCCCCCC(=O)OC2CC(C)(C)N(C)C(C)(C)C2)CC1(C)C. The minimum absolute atomic E-state index is 0.0106. The zero-order chi connectivity index (χ0) is 112. The van der Waals surface area contributed by atoms with Crippen molar-refractivity contribution < 1.29 is 76.6 Å². The van der Waals surface area contributed by atoms with Gasteiger partial charge in [0, 0.05) is 192 Å². The molecule has 0 aliphatic carbocycles. The molecule has 1 N–H and O–H groups in total. The molecule has 1 aromatic carbocycles. The zero-order valence-electron chi connectivity index (χ0n) is 103. The molecule has 8 heterocycles. The number of esters is 6. The van der Waals surface area contributed by atoms with Crippen LogP contribution in [0, 0.1) is 17.8 Å². The molecular formula is C122H224N8O16. The van der Waals surface area contributed by atoms with Crippen LogP contribution in [0.15, 0.2) is 12.1 Å². The van der Waals surface area contributed by atoms with E-state index in [0.29, 0.717) is 31.2 Å². The molecule has 0 amide bonds. The van der Waals surface area contributed by atoms with Crippen LogP contribution in [0.1, 0.15) is 487 Å². The molecule has 24 heteroatoms. The number of hydrogen-bond acceptors (Lipinski definition) is 24. The molecule has 8 fully saturated rings. The Morgan fingerprint density at radius 3 is 0.788 bits per heavy atom. The Morgan fingerprint density at radius 2 is 0.541 bits per heavy atom. The summed E-state index contributed by atoms with van der Waals surface area (Å²) in [6.45, 7) is 90.8. The third-order valence-electron chi connectivity index (χ3n) is 36.8. The van der Waals surface area contributed by atoms with E-state index in [1.54, 1.807) is 13.8 Å². The molecule has 848 valence electrons. The van der Waals surface area contributed by atoms with Crippen molar-refractivity contribution in [1.82, 2.24) is 39.2 Å². The number of unbranched alkanes of at least 4 members (excludes halogenated alkanes) is 7. The summed E-state index contributed by atoms with van der Waals surface area (Å²) in [5, 5.41) is 11.1. The van der Waals surface area contributed by atoms with Crippen molar-refractivity contribution in [2.24, 2.45) is 17.8 Å². The van der Waals surface area contributed by atoms with E-state index in [1.807, 2.05) is 0 Å². The van der Waals surface area contributed by atoms with Crippen LogP contribution in [0.3, 0.4) is 0 Å². The summed E-state index contributed by atoms with van der Waals surface area (Å²) in [5.41, 5.74) is 2.84. The number of ether oxygens (including phenoxy) is 8. The second-order valence-electron chi connectivity index (χ2n) is 58.6. The highest BCUT2D eigenvalue weighted by Gasteiger charge is 2.53. The molecular weight excluding hydrogens is 1830 g/mol. The third-order valence-corrected chi connectivity index (χ3v) is 36.8. The van der Waals surface area contributed by atoms with E-state index in [4.69, 9.17) is 37.9 Å². The Hall–Kier alpha value is -5.05. The van der Waals surface area contributed by atoms with Gasteiger partial charge in [0.1, 0.15) is 48.5 Å². The van der Waals surface area contributed by atoms with E-state index < -0.39 is 11.8 Å². The molecule has 1 aromatic rings. The molecule has 0 aromatic heterocycles. The molecule has 8 aliphatic heterocycles. The fraction of sp³-hybridized carbons (Fsp3) is 0.893. The van der Waals surface area contributed by atoms with Gasteiger partial charge in [0.25, 0.3) is 6.47 Å². The number of likely N-dealkylation sites (tertiary alicyclic amines) is 8. The number of carbonyl (C=O) groups excluding carboxylic acids is 7. The monoisotopic (exact) mass is 2060 g/mol. The summed E-state index contributed by atoms with van der Waals surface area (Å²) in [5.74, 6) is -2.11. The van der Waals surface area contributed by atoms with Crippen molar-refractivity contribution in [2.45, 2.75) is 625 Å². The third kappa shape index (κ3) is 37.1. The Bertz CT molecular complexity index is 4070. The first-order valence-electron chi connectivity index (χ1n) is 56.6. The summed E-state index contributed by atoms with van der Waals surface area (Å²) in [6.07, 6.45) is 26.1. The highest BCUT2D eigenvalue weighted by Crippen LogP contribution is 2.49. The number of aromatic hydroxyl groups is 1. The van der Waals surface area contributed by atoms with Gasteiger partial charge in [-0.05, 0) is 344 Å². The highest BCUT2D eigenvalue weighted by molar-refractivity contribution is 5.81. The number of phenolic OH excluding ortho intramolecular Hbond substituents is 1. The van der Waals surface area contributed by atoms with Crippen molar-refractivity contribution in [3.8, 4) is 5.75 Å². The van der Waals surface area contributed by atoms with E-state index in [2.05, 4.69) is 378 Å². The van der Waals surface area contributed by atoms with Crippen molar-refractivity contribution in [3.05, 3.63) is 28.8 Å². The van der Waals surface area contributed by atoms with Gasteiger partial charge in [-0.3, -0.25) is 72.8 Å². The Morgan fingerprint density at radius 1 is 0.322 bits per heavy atom. The Kier molecular flexibility index (Phi) is 45.2. The fourth-order valence-corrected chi connectivity index (χ4v) is 25.7. The predicted octanol–water partition coefficient (Wildman–Crippen LogP) is 25.1. The minimum atomic E-state index is -0.509. The van der Waals surface area contributed by atoms with Gasteiger partial charge >= 0.3 is 35.8 Å². The number of carbonyl (C=O) groups is 7. The van der Waals surface area contributed by atoms with Gasteiger partial charge in [0.05, 0.1) is 36.7 Å². The zero-order valence-corrected chi connectivity index (χ0v) is 103. The topological polar surface area (TPSA) is 239 Å². The smallest absolute Gasteiger partial charge is 0.309 e. The molecule has 8 saturated heterocycles. The van der Waals surface area contributed by atoms with Crippen molar-refractivity contribution >= 4 is 42.3 Å². The first-order chi connectivity index (χ1) is 65.9. The molecule has 0 spiro atoms. The maximum Gasteiger partial charge on any atom is 0.309 e. The van der Waals surface area contributed by atoms with Gasteiger partial charge in [0.15, 0.2) is 0 Å². The lowest BCUT2D eigenvalue weighted by molar-refractivity contribution is -0.170. The summed E-state index contributed by atoms with van der Waals surface area (Å²) >= 11 is 0. The van der Waals surface area contributed by atoms with Crippen LogP contribution in [-0.2, 0) is 88.7 Å². The van der Waals surface area contributed by atoms with Crippen LogP contribution >= 0.6 is 0 Å². The number of piperidine rings is 8. The summed E-state index contributed by atoms with van der Waals surface area (Å²) in [6, 6.07) is 4.22. The van der Waals surface area contributed by atoms with Gasteiger partial charge in [-0.25, -0.2) is 0 Å². The first-order valence-corrected chi connectivity index (χ1v) is 56.6. The number of hydrogen-bond donors (Lipinski definition) is 1. The summed E-state index contributed by atoms with van der Waals surface area (Å²) in [4.78, 5) is 106. The minimum Gasteiger partial charge on any atom is -0.507 e. The van der Waals surface area contributed by atoms with Gasteiger partial charge in [-0.1, -0.05) is 119 Å². The van der Waals surface area contributed by atoms with Crippen LogP contribution < -0.4 is 0 Å². The average molecular weight is 2060 g/mol. The molecule has 9 rings (SSSR count). The fourth-order valence-electron chi connectivity index (χ4n) is 25.7. The number of benzene rings is 1. The standard InChI is InChI=1S/C31H53NO3.C30H58N2O3.2C25H46N2O4.C11H21NO2/c1-13-14-15-22(27(34)35-23-19-30(8,9)32(12)31(10,11)20-23)16-21-17-24(28(2,3)4)26(33)25(18-21)29(5,6)7;1-27(2)20-24(21-28(3,4)31(27)9)34-19-17-15-13-11-12-14-16-18-26(33)35-25-22-29(5,6)32(10)30(7,8)23-25;2*1-17(21(29)31-19-15-24(6,7)27(11)25(8,9)16-19)12-20(28)30-18-13-22(2,3)26(10)23(4,5)14-18;1-10(2)6-9(14-8-13)7-11(3,4)12(10)5/h17-18,22-23,33H,13-16,19-20H2,1-12H3;24-25H,11-23H2,1-10H3;2*17-19H,12-16H2,1-11H3;8-9H,6-7H2,1-5H3. The van der Waals surface area contributed by atoms with E-state index >= 15 is 0 Å². The van der Waals surface area contributed by atoms with Gasteiger partial charge in [-0.2, -0.15) is 0 Å². The number of rotatable bonds is 31. The molecule has 0 radical (unpaired) electrons. The van der Waals surface area contributed by atoms with Gasteiger partial charge in [0.2, 0.25) is 0 Å². The van der Waals surface area contributed by atoms with Crippen LogP contribution in [0.25, 0.3) is 0 Å². The largest absolute Gasteiger partial charge is 0.507 e. The van der Waals surface area contributed by atoms with Crippen LogP contribution in [0.5, 0.6) is 5.75 Å². The Balaban J connectivity index is 0.000000328. The predicted molar refractivity (Wildman–Crippen MR) is 598 cm³/mol. The lowest BCUT2D eigenvalue weighted by Crippen LogP contribution is -2.60. The lowest BCUT2D eigenvalue weighted by Gasteiger charge is -2.53. The molecule has 3 unspecified atom stereocenters. The molecule has 0 saturated carbocycles. The lowest BCUT2D eigenvalue weighted by atomic mass is 9.77. The van der Waals surface area contributed by atoms with Crippen LogP contribution in [0.2, 0.25) is 0 Å². The summed E-state index contributed by atoms with van der Waals surface area (Å²) < 4.78 is 46.9. The van der Waals surface area contributed by atoms with E-state index in [-0.39, 0.29) is 197 Å². The normalized spacial score (nSPS) is 25.0. The molecule has 0 bridgehead atoms. The first kappa shape index (κ1) is 131. The highest BCUT2D eigenvalue weighted by atomic mass is 16.6.